The van der Waals surface area contributed by atoms with Crippen LogP contribution in [0.25, 0.3) is 0 Å². The third-order valence-electron chi connectivity index (χ3n) is 6.66. The van der Waals surface area contributed by atoms with Crippen LogP contribution in [0.3, 0.4) is 0 Å². The Labute approximate surface area is 217 Å². The zero-order chi connectivity index (χ0) is 29.6. The van der Waals surface area contributed by atoms with Gasteiger partial charge < -0.3 is 55.1 Å². The minimum atomic E-state index is -3.98. The smallest absolute Gasteiger partial charge is 0.277 e. The van der Waals surface area contributed by atoms with Crippen molar-refractivity contribution in [2.75, 3.05) is 19.8 Å². The van der Waals surface area contributed by atoms with E-state index in [2.05, 4.69) is 19.7 Å². The molecule has 0 bridgehead atoms. The molecule has 0 saturated carbocycles. The quantitative estimate of drug-likeness (QED) is 0.116. The number of ketones is 3. The van der Waals surface area contributed by atoms with Crippen molar-refractivity contribution in [2.24, 2.45) is 0 Å². The molecule has 0 aromatic carbocycles. The number of aliphatic hydroxyl groups is 8. The van der Waals surface area contributed by atoms with E-state index in [1.54, 1.807) is 0 Å². The molecule has 2 heterocycles. The van der Waals surface area contributed by atoms with Crippen molar-refractivity contribution in [3.8, 4) is 0 Å². The van der Waals surface area contributed by atoms with Crippen LogP contribution in [-0.4, -0.2) is 131 Å². The van der Waals surface area contributed by atoms with E-state index in [9.17, 15) is 55.2 Å². The number of rotatable bonds is 11. The van der Waals surface area contributed by atoms with Gasteiger partial charge in [0.1, 0.15) is 37.1 Å². The van der Waals surface area contributed by atoms with E-state index in [4.69, 9.17) is 14.2 Å². The molecule has 14 heteroatoms. The molecule has 214 valence electrons. The maximum Gasteiger partial charge on any atom is 0.277 e. The SMILES string of the molecule is C=C(C)C(=O)[C@@]1(OC2(CO)O[C@H](CO)[C@@H](O)[C@@H]2O)O[C@H](CO)[C@@H](O)[C@@](O)(C(=O)C(=C)C)[C@]1(O)C(=O)C(=C)C. The summed E-state index contributed by atoms with van der Waals surface area (Å²) < 4.78 is 16.4. The van der Waals surface area contributed by atoms with Crippen LogP contribution in [0.2, 0.25) is 0 Å². The van der Waals surface area contributed by atoms with Gasteiger partial charge >= 0.3 is 0 Å². The summed E-state index contributed by atoms with van der Waals surface area (Å²) in [6.45, 7) is 9.63. The summed E-state index contributed by atoms with van der Waals surface area (Å²) in [6.07, 6.45) is -10.6. The maximum atomic E-state index is 13.8. The lowest BCUT2D eigenvalue weighted by atomic mass is 9.61. The van der Waals surface area contributed by atoms with E-state index in [-0.39, 0.29) is 0 Å². The predicted octanol–water partition coefficient (Wildman–Crippen LogP) is -3.85. The average molecular weight is 547 g/mol. The van der Waals surface area contributed by atoms with Crippen molar-refractivity contribution in [2.45, 2.75) is 74.1 Å². The third kappa shape index (κ3) is 4.22. The highest BCUT2D eigenvalue weighted by atomic mass is 16.8. The van der Waals surface area contributed by atoms with E-state index in [1.165, 1.54) is 0 Å². The molecule has 2 rings (SSSR count). The van der Waals surface area contributed by atoms with Gasteiger partial charge in [-0.2, -0.15) is 0 Å². The molecule has 0 aromatic rings. The zero-order valence-electron chi connectivity index (χ0n) is 21.2. The largest absolute Gasteiger partial charge is 0.394 e. The number of carbonyl (C=O) groups excluding carboxylic acids is 3. The molecular weight excluding hydrogens is 512 g/mol. The fourth-order valence-electron chi connectivity index (χ4n) is 4.63. The second kappa shape index (κ2) is 10.7. The second-order valence-corrected chi connectivity index (χ2v) is 9.55. The molecule has 0 amide bonds. The molecule has 2 fully saturated rings. The summed E-state index contributed by atoms with van der Waals surface area (Å²) in [5.74, 6) is -11.5. The third-order valence-corrected chi connectivity index (χ3v) is 6.66. The highest BCUT2D eigenvalue weighted by molar-refractivity contribution is 6.16. The van der Waals surface area contributed by atoms with E-state index < -0.39 is 107 Å². The summed E-state index contributed by atoms with van der Waals surface area (Å²) >= 11 is 0. The molecule has 2 aliphatic heterocycles. The van der Waals surface area contributed by atoms with Gasteiger partial charge in [0.05, 0.1) is 13.2 Å². The molecule has 38 heavy (non-hydrogen) atoms. The molecule has 8 N–H and O–H groups in total. The zero-order valence-corrected chi connectivity index (χ0v) is 21.2. The number of carbonyl (C=O) groups is 3. The van der Waals surface area contributed by atoms with Gasteiger partial charge in [-0.15, -0.1) is 0 Å². The Morgan fingerprint density at radius 1 is 0.763 bits per heavy atom. The monoisotopic (exact) mass is 546 g/mol. The van der Waals surface area contributed by atoms with Crippen LogP contribution >= 0.6 is 0 Å². The Kier molecular flexibility index (Phi) is 9.05. The summed E-state index contributed by atoms with van der Waals surface area (Å²) in [5, 5.41) is 85.5. The van der Waals surface area contributed by atoms with Crippen molar-refractivity contribution < 1.29 is 69.4 Å². The molecular formula is C24H34O14. The van der Waals surface area contributed by atoms with Gasteiger partial charge in [-0.3, -0.25) is 14.4 Å². The van der Waals surface area contributed by atoms with Crippen LogP contribution in [0.5, 0.6) is 0 Å². The van der Waals surface area contributed by atoms with Crippen LogP contribution in [-0.2, 0) is 28.6 Å². The minimum Gasteiger partial charge on any atom is -0.394 e. The molecule has 0 aromatic heterocycles. The Balaban J connectivity index is 3.11. The fraction of sp³-hybridized carbons (Fsp3) is 0.625. The highest BCUT2D eigenvalue weighted by Gasteiger charge is 2.82. The van der Waals surface area contributed by atoms with Gasteiger partial charge in [0.15, 0.2) is 17.2 Å². The van der Waals surface area contributed by atoms with Crippen molar-refractivity contribution in [1.29, 1.82) is 0 Å². The molecule has 14 nitrogen and oxygen atoms in total. The topological polar surface area (TPSA) is 241 Å². The second-order valence-electron chi connectivity index (χ2n) is 9.55. The van der Waals surface area contributed by atoms with E-state index in [0.717, 1.165) is 20.8 Å². The maximum absolute atomic E-state index is 13.8. The summed E-state index contributed by atoms with van der Waals surface area (Å²) in [4.78, 5) is 40.7. The van der Waals surface area contributed by atoms with Crippen molar-refractivity contribution >= 4 is 17.3 Å². The Bertz CT molecular complexity index is 1040. The summed E-state index contributed by atoms with van der Waals surface area (Å²) in [6, 6.07) is 0. The van der Waals surface area contributed by atoms with Crippen LogP contribution in [0.15, 0.2) is 36.5 Å². The molecule has 0 aliphatic carbocycles. The van der Waals surface area contributed by atoms with Gasteiger partial charge in [0.25, 0.3) is 5.79 Å². The van der Waals surface area contributed by atoms with Crippen LogP contribution in [0.1, 0.15) is 20.8 Å². The lowest BCUT2D eigenvalue weighted by Crippen LogP contribution is -2.87. The summed E-state index contributed by atoms with van der Waals surface area (Å²) in [5.41, 5.74) is -9.38. The van der Waals surface area contributed by atoms with Crippen molar-refractivity contribution in [3.63, 3.8) is 0 Å². The van der Waals surface area contributed by atoms with Gasteiger partial charge in [-0.25, -0.2) is 0 Å². The lowest BCUT2D eigenvalue weighted by molar-refractivity contribution is -0.438. The number of hydrogen-bond acceptors (Lipinski definition) is 14. The number of Topliss-reactive ketones (excluding diaryl/α,β-unsaturated/α-hetero) is 3. The van der Waals surface area contributed by atoms with Crippen molar-refractivity contribution in [1.82, 2.24) is 0 Å². The van der Waals surface area contributed by atoms with E-state index >= 15 is 0 Å². The number of aliphatic hydroxyl groups excluding tert-OH is 6. The Hall–Kier alpha value is -2.21. The fourth-order valence-corrected chi connectivity index (χ4v) is 4.63. The number of ether oxygens (including phenoxy) is 3. The molecule has 0 spiro atoms. The van der Waals surface area contributed by atoms with Gasteiger partial charge in [-0.05, 0) is 37.5 Å². The number of hydrogen-bond donors (Lipinski definition) is 8. The standard InChI is InChI=1S/C24H34O14/c1-10(2)16(29)22(34)19(32)14(8-26)37-24(18(31)12(5)6,23(22,35)17(30)11(3)4)38-21(9-27)20(33)15(28)13(7-25)36-21/h13-15,19-20,25-28,32-35H,1,3,5,7-9H2,2,4,6H3/t13-,14-,15-,19-,20+,21?,22+,23-,24+/m1/s1. The van der Waals surface area contributed by atoms with Crippen LogP contribution in [0, 0.1) is 0 Å². The van der Waals surface area contributed by atoms with Gasteiger partial charge in [-0.1, -0.05) is 19.7 Å². The highest BCUT2D eigenvalue weighted by Crippen LogP contribution is 2.52. The van der Waals surface area contributed by atoms with E-state index in [0.29, 0.717) is 0 Å². The predicted molar refractivity (Wildman–Crippen MR) is 125 cm³/mol. The lowest BCUT2D eigenvalue weighted by Gasteiger charge is -2.59. The first kappa shape index (κ1) is 32.0. The molecule has 0 radical (unpaired) electrons. The Morgan fingerprint density at radius 3 is 1.61 bits per heavy atom. The van der Waals surface area contributed by atoms with E-state index in [1.807, 2.05) is 0 Å². The van der Waals surface area contributed by atoms with Crippen molar-refractivity contribution in [3.05, 3.63) is 36.5 Å². The first-order valence-electron chi connectivity index (χ1n) is 11.4. The molecule has 2 saturated heterocycles. The normalized spacial score (nSPS) is 41.0. The Morgan fingerprint density at radius 2 is 1.24 bits per heavy atom. The first-order chi connectivity index (χ1) is 17.4. The molecule has 9 atom stereocenters. The minimum absolute atomic E-state index is 0.528. The van der Waals surface area contributed by atoms with Crippen LogP contribution in [0.4, 0.5) is 0 Å². The first-order valence-corrected chi connectivity index (χ1v) is 11.4. The molecule has 2 aliphatic rings. The van der Waals surface area contributed by atoms with Gasteiger partial charge in [0, 0.05) is 0 Å². The summed E-state index contributed by atoms with van der Waals surface area (Å²) in [7, 11) is 0. The van der Waals surface area contributed by atoms with Gasteiger partial charge in [0.2, 0.25) is 17.2 Å². The molecule has 1 unspecified atom stereocenters. The van der Waals surface area contributed by atoms with Crippen LogP contribution < -0.4 is 0 Å². The average Bonchev–Trinajstić information content (AvgIpc) is 3.12.